The molecule has 2 aromatic carbocycles. The molecule has 0 unspecified atom stereocenters. The van der Waals surface area contributed by atoms with Crippen LogP contribution in [0.25, 0.3) is 6.08 Å². The Labute approximate surface area is 144 Å². The van der Waals surface area contributed by atoms with Gasteiger partial charge in [0.2, 0.25) is 11.8 Å². The molecule has 0 heterocycles. The maximum absolute atomic E-state index is 11.9. The van der Waals surface area contributed by atoms with Gasteiger partial charge in [0.1, 0.15) is 0 Å². The quantitative estimate of drug-likeness (QED) is 0.477. The minimum Gasteiger partial charge on any atom is -0.326 e. The predicted octanol–water partition coefficient (Wildman–Crippen LogP) is 3.60. The van der Waals surface area contributed by atoms with Crippen LogP contribution in [0.1, 0.15) is 18.9 Å². The van der Waals surface area contributed by atoms with Crippen LogP contribution in [-0.4, -0.2) is 16.7 Å². The molecule has 0 saturated carbocycles. The Morgan fingerprint density at radius 2 is 1.64 bits per heavy atom. The highest BCUT2D eigenvalue weighted by atomic mass is 16.6. The molecule has 2 rings (SSSR count). The average Bonchev–Trinajstić information content (AvgIpc) is 2.61. The Bertz CT molecular complexity index is 813. The van der Waals surface area contributed by atoms with Crippen molar-refractivity contribution in [3.63, 3.8) is 0 Å². The van der Waals surface area contributed by atoms with E-state index in [1.54, 1.807) is 49.4 Å². The van der Waals surface area contributed by atoms with E-state index in [0.29, 0.717) is 23.4 Å². The van der Waals surface area contributed by atoms with Crippen molar-refractivity contribution >= 4 is 35.0 Å². The second-order valence-corrected chi connectivity index (χ2v) is 5.12. The molecule has 0 aromatic heterocycles. The third kappa shape index (κ3) is 5.28. The van der Waals surface area contributed by atoms with Gasteiger partial charge in [0.15, 0.2) is 0 Å². The van der Waals surface area contributed by atoms with Gasteiger partial charge >= 0.3 is 0 Å². The number of benzene rings is 2. The number of carbonyl (C=O) groups is 2. The molecule has 2 amide bonds. The molecule has 2 aromatic rings. The first-order chi connectivity index (χ1) is 12.0. The van der Waals surface area contributed by atoms with Crippen molar-refractivity contribution in [3.8, 4) is 0 Å². The molecule has 0 aliphatic heterocycles. The number of nitro benzene ring substituents is 1. The molecule has 0 aliphatic carbocycles. The number of hydrogen-bond donors (Lipinski definition) is 2. The topological polar surface area (TPSA) is 101 Å². The van der Waals surface area contributed by atoms with E-state index in [0.717, 1.165) is 0 Å². The van der Waals surface area contributed by atoms with E-state index < -0.39 is 10.8 Å². The number of hydrogen-bond acceptors (Lipinski definition) is 4. The minimum absolute atomic E-state index is 0.0671. The monoisotopic (exact) mass is 339 g/mol. The lowest BCUT2D eigenvalue weighted by molar-refractivity contribution is -0.385. The Morgan fingerprint density at radius 1 is 1.04 bits per heavy atom. The highest BCUT2D eigenvalue weighted by Crippen LogP contribution is 2.19. The number of para-hydroxylation sites is 1. The number of nitro groups is 1. The van der Waals surface area contributed by atoms with Crippen molar-refractivity contribution in [2.75, 3.05) is 10.6 Å². The van der Waals surface area contributed by atoms with Crippen LogP contribution in [0.3, 0.4) is 0 Å². The van der Waals surface area contributed by atoms with Crippen molar-refractivity contribution in [2.45, 2.75) is 13.3 Å². The van der Waals surface area contributed by atoms with Crippen molar-refractivity contribution in [2.24, 2.45) is 0 Å². The van der Waals surface area contributed by atoms with E-state index in [1.165, 1.54) is 18.2 Å². The maximum atomic E-state index is 11.9. The largest absolute Gasteiger partial charge is 0.326 e. The van der Waals surface area contributed by atoms with Gasteiger partial charge in [-0.15, -0.1) is 0 Å². The Kier molecular flexibility index (Phi) is 6.00. The van der Waals surface area contributed by atoms with Crippen LogP contribution in [0.2, 0.25) is 0 Å². The smallest absolute Gasteiger partial charge is 0.276 e. The molecular formula is C18H17N3O4. The van der Waals surface area contributed by atoms with Gasteiger partial charge in [0, 0.05) is 29.9 Å². The summed E-state index contributed by atoms with van der Waals surface area (Å²) in [7, 11) is 0. The van der Waals surface area contributed by atoms with E-state index in [9.17, 15) is 19.7 Å². The molecule has 7 heteroatoms. The normalized spacial score (nSPS) is 10.4. The summed E-state index contributed by atoms with van der Waals surface area (Å²) in [5.74, 6) is -0.507. The number of nitrogens with zero attached hydrogens (tertiary/aromatic N) is 1. The van der Waals surface area contributed by atoms with Gasteiger partial charge in [0.05, 0.1) is 10.5 Å². The molecule has 0 spiro atoms. The number of rotatable bonds is 6. The molecule has 0 saturated heterocycles. The van der Waals surface area contributed by atoms with E-state index in [2.05, 4.69) is 10.6 Å². The summed E-state index contributed by atoms with van der Waals surface area (Å²) in [5, 5.41) is 16.3. The van der Waals surface area contributed by atoms with Gasteiger partial charge < -0.3 is 10.6 Å². The van der Waals surface area contributed by atoms with Gasteiger partial charge in [-0.3, -0.25) is 19.7 Å². The Hall–Kier alpha value is -3.48. The molecule has 0 bridgehead atoms. The highest BCUT2D eigenvalue weighted by Gasteiger charge is 2.09. The first kappa shape index (κ1) is 17.9. The van der Waals surface area contributed by atoms with Crippen LogP contribution >= 0.6 is 0 Å². The third-order valence-corrected chi connectivity index (χ3v) is 3.31. The SMILES string of the molecule is CCC(=O)Nc1ccc(NC(=O)C=Cc2ccccc2[N+](=O)[O-])cc1. The zero-order chi connectivity index (χ0) is 18.2. The molecular weight excluding hydrogens is 322 g/mol. The fraction of sp³-hybridized carbons (Fsp3) is 0.111. The second kappa shape index (κ2) is 8.39. The van der Waals surface area contributed by atoms with Crippen molar-refractivity contribution in [1.29, 1.82) is 0 Å². The lowest BCUT2D eigenvalue weighted by Gasteiger charge is -2.06. The standard InChI is InChI=1S/C18H17N3O4/c1-2-17(22)19-14-8-10-15(11-9-14)20-18(23)12-7-13-5-3-4-6-16(13)21(24)25/h3-12H,2H2,1H3,(H,19,22)(H,20,23). The second-order valence-electron chi connectivity index (χ2n) is 5.12. The third-order valence-electron chi connectivity index (χ3n) is 3.31. The number of anilines is 2. The van der Waals surface area contributed by atoms with Crippen molar-refractivity contribution < 1.29 is 14.5 Å². The zero-order valence-electron chi connectivity index (χ0n) is 13.6. The number of carbonyl (C=O) groups excluding carboxylic acids is 2. The first-order valence-corrected chi connectivity index (χ1v) is 7.62. The maximum Gasteiger partial charge on any atom is 0.276 e. The van der Waals surface area contributed by atoms with Crippen LogP contribution in [-0.2, 0) is 9.59 Å². The summed E-state index contributed by atoms with van der Waals surface area (Å²) in [6.07, 6.45) is 3.01. The van der Waals surface area contributed by atoms with Crippen LogP contribution < -0.4 is 10.6 Å². The Morgan fingerprint density at radius 3 is 2.24 bits per heavy atom. The van der Waals surface area contributed by atoms with Crippen LogP contribution in [0.15, 0.2) is 54.6 Å². The molecule has 7 nitrogen and oxygen atoms in total. The molecule has 0 radical (unpaired) electrons. The first-order valence-electron chi connectivity index (χ1n) is 7.62. The van der Waals surface area contributed by atoms with E-state index >= 15 is 0 Å². The molecule has 25 heavy (non-hydrogen) atoms. The molecule has 2 N–H and O–H groups in total. The molecule has 128 valence electrons. The lowest BCUT2D eigenvalue weighted by Crippen LogP contribution is -2.10. The van der Waals surface area contributed by atoms with Gasteiger partial charge in [-0.1, -0.05) is 19.1 Å². The van der Waals surface area contributed by atoms with Crippen molar-refractivity contribution in [3.05, 3.63) is 70.3 Å². The van der Waals surface area contributed by atoms with Gasteiger partial charge in [-0.25, -0.2) is 0 Å². The minimum atomic E-state index is -0.499. The average molecular weight is 339 g/mol. The fourth-order valence-corrected chi connectivity index (χ4v) is 2.03. The summed E-state index contributed by atoms with van der Waals surface area (Å²) in [6.45, 7) is 1.76. The Balaban J connectivity index is 2.01. The van der Waals surface area contributed by atoms with Crippen LogP contribution in [0, 0.1) is 10.1 Å². The molecule has 0 atom stereocenters. The summed E-state index contributed by atoms with van der Waals surface area (Å²) >= 11 is 0. The van der Waals surface area contributed by atoms with Crippen molar-refractivity contribution in [1.82, 2.24) is 0 Å². The summed E-state index contributed by atoms with van der Waals surface area (Å²) in [5.41, 5.74) is 1.47. The fourth-order valence-electron chi connectivity index (χ4n) is 2.03. The summed E-state index contributed by atoms with van der Waals surface area (Å²) in [4.78, 5) is 33.7. The summed E-state index contributed by atoms with van der Waals surface area (Å²) < 4.78 is 0. The van der Waals surface area contributed by atoms with Gasteiger partial charge in [-0.2, -0.15) is 0 Å². The lowest BCUT2D eigenvalue weighted by atomic mass is 10.1. The predicted molar refractivity (Wildman–Crippen MR) is 96.1 cm³/mol. The van der Waals surface area contributed by atoms with E-state index in [1.807, 2.05) is 0 Å². The number of nitrogens with one attached hydrogen (secondary N) is 2. The molecule has 0 fully saturated rings. The van der Waals surface area contributed by atoms with Crippen LogP contribution in [0.5, 0.6) is 0 Å². The van der Waals surface area contributed by atoms with Gasteiger partial charge in [-0.05, 0) is 36.4 Å². The zero-order valence-corrected chi connectivity index (χ0v) is 13.6. The van der Waals surface area contributed by atoms with E-state index in [4.69, 9.17) is 0 Å². The van der Waals surface area contributed by atoms with E-state index in [-0.39, 0.29) is 11.6 Å². The van der Waals surface area contributed by atoms with Crippen LogP contribution in [0.4, 0.5) is 17.1 Å². The number of amides is 2. The van der Waals surface area contributed by atoms with Gasteiger partial charge in [0.25, 0.3) is 5.69 Å². The highest BCUT2D eigenvalue weighted by molar-refractivity contribution is 6.02. The summed E-state index contributed by atoms with van der Waals surface area (Å²) in [6, 6.07) is 12.8. The molecule has 0 aliphatic rings.